The molecule has 2 aromatic heterocycles. The first-order valence-electron chi connectivity index (χ1n) is 17.1. The highest BCUT2D eigenvalue weighted by molar-refractivity contribution is 6.42. The molecule has 0 spiro atoms. The predicted molar refractivity (Wildman–Crippen MR) is 192 cm³/mol. The monoisotopic (exact) mass is 634 g/mol. The molecule has 240 valence electrons. The van der Waals surface area contributed by atoms with Crippen LogP contribution >= 0.6 is 0 Å². The third-order valence-corrected chi connectivity index (χ3v) is 11.6. The zero-order valence-electron chi connectivity index (χ0n) is 27.9. The maximum Gasteiger partial charge on any atom is 0.318 e. The maximum atomic E-state index is 17.1. The maximum absolute atomic E-state index is 17.1. The van der Waals surface area contributed by atoms with Crippen molar-refractivity contribution in [1.29, 1.82) is 0 Å². The van der Waals surface area contributed by atoms with E-state index in [0.717, 1.165) is 61.5 Å². The predicted octanol–water partition coefficient (Wildman–Crippen LogP) is 0.988. The molecule has 2 N–H and O–H groups in total. The Balaban J connectivity index is 1.29. The molecule has 4 fully saturated rings. The number of anilines is 1. The van der Waals surface area contributed by atoms with Gasteiger partial charge in [-0.3, -0.25) is 4.98 Å². The topological polar surface area (TPSA) is 86.6 Å². The Kier molecular flexibility index (Phi) is 7.12. The van der Waals surface area contributed by atoms with Crippen LogP contribution < -0.4 is 15.0 Å². The number of aryl methyl sites for hydroxylation is 1. The lowest BCUT2D eigenvalue weighted by atomic mass is 9.52. The number of aromatic nitrogens is 3. The van der Waals surface area contributed by atoms with Gasteiger partial charge in [0.25, 0.3) is 0 Å². The largest absolute Gasteiger partial charge is 0.508 e. The molecule has 8 rings (SSSR count). The van der Waals surface area contributed by atoms with Gasteiger partial charge in [-0.05, 0) is 65.9 Å². The van der Waals surface area contributed by atoms with E-state index in [9.17, 15) is 5.11 Å². The number of piperazine rings is 1. The number of hydrogen-bond acceptors (Lipinski definition) is 8. The first-order valence-corrected chi connectivity index (χ1v) is 17.1. The number of phenolic OH excluding ortho intramolecular Hbond substituents is 1. The van der Waals surface area contributed by atoms with E-state index < -0.39 is 22.9 Å². The van der Waals surface area contributed by atoms with Crippen LogP contribution in [-0.2, 0) is 6.42 Å². The van der Waals surface area contributed by atoms with Crippen LogP contribution in [0.1, 0.15) is 44.6 Å². The minimum atomic E-state index is -0.946. The van der Waals surface area contributed by atoms with E-state index >= 15 is 8.78 Å². The van der Waals surface area contributed by atoms with Crippen molar-refractivity contribution in [2.24, 2.45) is 0 Å². The molecule has 4 aliphatic heterocycles. The van der Waals surface area contributed by atoms with E-state index in [4.69, 9.17) is 14.7 Å². The van der Waals surface area contributed by atoms with Crippen LogP contribution in [-0.4, -0.2) is 111 Å². The molecular formula is C33H40B4F2N6O2. The summed E-state index contributed by atoms with van der Waals surface area (Å²) in [4.78, 5) is 18.9. The van der Waals surface area contributed by atoms with E-state index in [-0.39, 0.29) is 28.3 Å². The summed E-state index contributed by atoms with van der Waals surface area (Å²) in [5, 5.41) is 15.5. The Morgan fingerprint density at radius 2 is 1.87 bits per heavy atom. The third-order valence-electron chi connectivity index (χ3n) is 11.6. The summed E-state index contributed by atoms with van der Waals surface area (Å²) < 4.78 is 39.0. The van der Waals surface area contributed by atoms with Crippen LogP contribution in [0.2, 0.25) is 0 Å². The standard InChI is InChI=1S/C33H40B4F2N6O2/c1-2-17-4-3-5-18-10-22(46)11-23(25(17)18)27-26(39)28-24(13-40-27)29(44-15-20-6-7-21(16-44)41-20)43-30(42-28)47-33(36,37)31-8-9-32(34,35)45(31)14-19(38)12-31/h3-5,10-11,13,19-21,41,46H,2,6-9,12,14-16,34-37H2,1H3/t19-,20?,21?,31?/m1/s1. The molecule has 0 radical (unpaired) electrons. The number of halogens is 2. The van der Waals surface area contributed by atoms with Gasteiger partial charge in [-0.2, -0.15) is 9.97 Å². The quantitative estimate of drug-likeness (QED) is 0.304. The zero-order valence-corrected chi connectivity index (χ0v) is 27.9. The molecular weight excluding hydrogens is 594 g/mol. The summed E-state index contributed by atoms with van der Waals surface area (Å²) in [5.74, 6) is 0.0535. The number of hydrogen-bond donors (Lipinski definition) is 2. The number of fused-ring (bicyclic) bond motifs is 5. The van der Waals surface area contributed by atoms with E-state index in [1.165, 1.54) is 0 Å². The smallest absolute Gasteiger partial charge is 0.318 e. The Morgan fingerprint density at radius 1 is 1.11 bits per heavy atom. The van der Waals surface area contributed by atoms with Crippen molar-refractivity contribution in [3.05, 3.63) is 47.9 Å². The highest BCUT2D eigenvalue weighted by Crippen LogP contribution is 2.51. The summed E-state index contributed by atoms with van der Waals surface area (Å²) in [6.45, 7) is 3.90. The summed E-state index contributed by atoms with van der Waals surface area (Å²) in [6.07, 6.45) is 5.72. The van der Waals surface area contributed by atoms with Crippen molar-refractivity contribution in [2.45, 2.75) is 80.0 Å². The fraction of sp³-hybridized carbons (Fsp3) is 0.485. The van der Waals surface area contributed by atoms with E-state index in [1.54, 1.807) is 18.3 Å². The second-order valence-electron chi connectivity index (χ2n) is 15.3. The Labute approximate surface area is 277 Å². The SMILES string of the molecule is BC1(B)CCC2(C(B)(B)Oc3nc(N4CC5CCC(C4)N5)c4cnc(-c5cc(O)cc6cccc(CC)c56)c(F)c4n3)C[C@@H](F)CN12. The lowest BCUT2D eigenvalue weighted by Gasteiger charge is -2.49. The first kappa shape index (κ1) is 30.9. The molecule has 0 saturated carbocycles. The van der Waals surface area contributed by atoms with Gasteiger partial charge >= 0.3 is 6.01 Å². The summed E-state index contributed by atoms with van der Waals surface area (Å²) in [6, 6.07) is 9.90. The number of rotatable bonds is 6. The lowest BCUT2D eigenvalue weighted by Crippen LogP contribution is -2.66. The second kappa shape index (κ2) is 10.8. The van der Waals surface area contributed by atoms with Gasteiger partial charge in [0, 0.05) is 55.4 Å². The molecule has 4 saturated heterocycles. The Morgan fingerprint density at radius 3 is 2.62 bits per heavy atom. The van der Waals surface area contributed by atoms with Crippen molar-refractivity contribution >= 4 is 58.9 Å². The number of alkyl halides is 1. The molecule has 3 unspecified atom stereocenters. The van der Waals surface area contributed by atoms with Gasteiger partial charge in [-0.25, -0.2) is 8.78 Å². The van der Waals surface area contributed by atoms with Crippen LogP contribution in [0.15, 0.2) is 36.5 Å². The molecule has 4 aliphatic rings. The van der Waals surface area contributed by atoms with Gasteiger partial charge in [-0.1, -0.05) is 25.1 Å². The molecule has 4 atom stereocenters. The van der Waals surface area contributed by atoms with Crippen LogP contribution in [0.5, 0.6) is 11.8 Å². The molecule has 47 heavy (non-hydrogen) atoms. The Bertz CT molecular complexity index is 1900. The normalized spacial score (nSPS) is 27.1. The molecule has 4 aromatic rings. The number of ether oxygens (including phenoxy) is 1. The number of pyridine rings is 1. The van der Waals surface area contributed by atoms with Crippen molar-refractivity contribution in [3.63, 3.8) is 0 Å². The number of nitrogens with one attached hydrogen (secondary N) is 1. The van der Waals surface area contributed by atoms with Crippen LogP contribution in [0.25, 0.3) is 32.9 Å². The first-order chi connectivity index (χ1) is 22.4. The van der Waals surface area contributed by atoms with E-state index in [2.05, 4.69) is 42.7 Å². The fourth-order valence-corrected chi connectivity index (χ4v) is 9.26. The van der Waals surface area contributed by atoms with Crippen LogP contribution in [0.3, 0.4) is 0 Å². The molecule has 8 nitrogen and oxygen atoms in total. The van der Waals surface area contributed by atoms with E-state index in [0.29, 0.717) is 41.8 Å². The summed E-state index contributed by atoms with van der Waals surface area (Å²) in [5.41, 5.74) is 1.26. The van der Waals surface area contributed by atoms with Gasteiger partial charge in [0.2, 0.25) is 0 Å². The fourth-order valence-electron chi connectivity index (χ4n) is 9.26. The van der Waals surface area contributed by atoms with Gasteiger partial charge in [0.15, 0.2) is 5.82 Å². The number of benzene rings is 2. The Hall–Kier alpha value is -3.37. The zero-order chi connectivity index (χ0) is 32.9. The van der Waals surface area contributed by atoms with Crippen LogP contribution in [0, 0.1) is 5.82 Å². The average molecular weight is 634 g/mol. The van der Waals surface area contributed by atoms with Gasteiger partial charge < -0.3 is 25.0 Å². The highest BCUT2D eigenvalue weighted by atomic mass is 19.1. The lowest BCUT2D eigenvalue weighted by molar-refractivity contribution is 0.0395. The third kappa shape index (κ3) is 4.84. The van der Waals surface area contributed by atoms with Crippen molar-refractivity contribution in [2.75, 3.05) is 24.5 Å². The van der Waals surface area contributed by atoms with Crippen molar-refractivity contribution < 1.29 is 18.6 Å². The number of aromatic hydroxyl groups is 1. The molecule has 0 amide bonds. The second-order valence-corrected chi connectivity index (χ2v) is 15.3. The average Bonchev–Trinajstić information content (AvgIpc) is 3.65. The van der Waals surface area contributed by atoms with Crippen molar-refractivity contribution in [3.8, 4) is 23.0 Å². The summed E-state index contributed by atoms with van der Waals surface area (Å²) in [7, 11) is 8.34. The molecule has 2 aromatic carbocycles. The molecule has 14 heteroatoms. The number of nitrogens with zero attached hydrogens (tertiary/aromatic N) is 5. The van der Waals surface area contributed by atoms with Crippen molar-refractivity contribution in [1.82, 2.24) is 25.2 Å². The molecule has 0 aliphatic carbocycles. The van der Waals surface area contributed by atoms with Gasteiger partial charge in [0.05, 0.1) is 10.8 Å². The van der Waals surface area contributed by atoms with Gasteiger partial charge in [-0.15, -0.1) is 0 Å². The molecule has 2 bridgehead atoms. The minimum absolute atomic E-state index is 0.0403. The minimum Gasteiger partial charge on any atom is -0.508 e. The summed E-state index contributed by atoms with van der Waals surface area (Å²) >= 11 is 0. The van der Waals surface area contributed by atoms with Crippen LogP contribution in [0.4, 0.5) is 14.6 Å². The number of phenols is 1. The van der Waals surface area contributed by atoms with E-state index in [1.807, 2.05) is 33.9 Å². The molecule has 6 heterocycles. The van der Waals surface area contributed by atoms with Gasteiger partial charge in [0.1, 0.15) is 60.3 Å². The highest BCUT2D eigenvalue weighted by Gasteiger charge is 2.63.